The van der Waals surface area contributed by atoms with Gasteiger partial charge in [-0.25, -0.2) is 0 Å². The Kier molecular flexibility index (Phi) is 2.97. The molecular formula is C11H7BrO5. The predicted molar refractivity (Wildman–Crippen MR) is 60.5 cm³/mol. The fraction of sp³-hybridized carbons (Fsp3) is 0.182. The number of carbonyl (C=O) groups excluding carboxylic acids is 3. The molecule has 17 heavy (non-hydrogen) atoms. The summed E-state index contributed by atoms with van der Waals surface area (Å²) in [5, 5.41) is 0. The Hall–Kier alpha value is -1.69. The van der Waals surface area contributed by atoms with E-state index < -0.39 is 17.7 Å². The molecule has 5 nitrogen and oxygen atoms in total. The molecule has 0 N–H and O–H groups in total. The van der Waals surface area contributed by atoms with Crippen LogP contribution >= 0.6 is 15.9 Å². The van der Waals surface area contributed by atoms with Crippen LogP contribution in [0.3, 0.4) is 0 Å². The third-order valence-corrected chi connectivity index (χ3v) is 3.00. The first-order valence-electron chi connectivity index (χ1n) is 4.66. The van der Waals surface area contributed by atoms with Gasteiger partial charge in [0.15, 0.2) is 6.29 Å². The van der Waals surface area contributed by atoms with Crippen molar-refractivity contribution in [1.82, 2.24) is 0 Å². The summed E-state index contributed by atoms with van der Waals surface area (Å²) in [6, 6.07) is 3.00. The molecule has 0 bridgehead atoms. The van der Waals surface area contributed by atoms with Gasteiger partial charge in [-0.05, 0) is 22.0 Å². The fourth-order valence-corrected chi connectivity index (χ4v) is 2.06. The van der Waals surface area contributed by atoms with E-state index >= 15 is 0 Å². The summed E-state index contributed by atoms with van der Waals surface area (Å²) < 4.78 is 10.8. The number of hydrogen-bond acceptors (Lipinski definition) is 5. The zero-order chi connectivity index (χ0) is 12.6. The Balaban J connectivity index is 2.45. The highest BCUT2D eigenvalue weighted by Crippen LogP contribution is 2.37. The zero-order valence-corrected chi connectivity index (χ0v) is 10.3. The molecule has 0 saturated heterocycles. The van der Waals surface area contributed by atoms with Crippen molar-refractivity contribution in [3.8, 4) is 11.5 Å². The lowest BCUT2D eigenvalue weighted by Crippen LogP contribution is -2.31. The number of ether oxygens (including phenoxy) is 2. The van der Waals surface area contributed by atoms with Crippen molar-refractivity contribution >= 4 is 33.8 Å². The molecule has 1 atom stereocenters. The van der Waals surface area contributed by atoms with Crippen molar-refractivity contribution in [3.63, 3.8) is 0 Å². The van der Waals surface area contributed by atoms with Crippen molar-refractivity contribution < 1.29 is 23.9 Å². The van der Waals surface area contributed by atoms with Crippen LogP contribution < -0.4 is 9.47 Å². The largest absolute Gasteiger partial charge is 0.495 e. The third-order valence-electron chi connectivity index (χ3n) is 2.38. The van der Waals surface area contributed by atoms with Crippen LogP contribution in [0.25, 0.3) is 0 Å². The number of fused-ring (bicyclic) bond motifs is 1. The molecule has 1 aromatic rings. The first-order valence-corrected chi connectivity index (χ1v) is 5.45. The Bertz CT molecular complexity index is 523. The number of hydrogen-bond donors (Lipinski definition) is 0. The van der Waals surface area contributed by atoms with Gasteiger partial charge in [0, 0.05) is 6.07 Å². The summed E-state index contributed by atoms with van der Waals surface area (Å²) in [7, 11) is 1.47. The average molecular weight is 299 g/mol. The van der Waals surface area contributed by atoms with Gasteiger partial charge < -0.3 is 9.47 Å². The lowest BCUT2D eigenvalue weighted by Gasteiger charge is -2.05. The van der Waals surface area contributed by atoms with Crippen molar-refractivity contribution in [2.75, 3.05) is 7.11 Å². The molecule has 0 fully saturated rings. The van der Waals surface area contributed by atoms with Gasteiger partial charge in [0.1, 0.15) is 11.5 Å². The predicted octanol–water partition coefficient (Wildman–Crippen LogP) is 1.17. The molecule has 1 aliphatic rings. The van der Waals surface area contributed by atoms with E-state index in [1.165, 1.54) is 19.2 Å². The van der Waals surface area contributed by atoms with Crippen molar-refractivity contribution in [1.29, 1.82) is 0 Å². The number of rotatable bonds is 3. The van der Waals surface area contributed by atoms with Gasteiger partial charge in [0.2, 0.25) is 17.7 Å². The molecule has 1 aromatic carbocycles. The maximum absolute atomic E-state index is 11.8. The van der Waals surface area contributed by atoms with E-state index in [1.54, 1.807) is 0 Å². The van der Waals surface area contributed by atoms with Gasteiger partial charge >= 0.3 is 0 Å². The van der Waals surface area contributed by atoms with Crippen LogP contribution in [0.2, 0.25) is 0 Å². The normalized spacial score (nSPS) is 17.3. The quantitative estimate of drug-likeness (QED) is 0.476. The van der Waals surface area contributed by atoms with E-state index in [4.69, 9.17) is 9.47 Å². The Labute approximate surface area is 105 Å². The van der Waals surface area contributed by atoms with Crippen LogP contribution in [0.5, 0.6) is 11.5 Å². The summed E-state index contributed by atoms with van der Waals surface area (Å²) in [6.45, 7) is 0. The molecule has 0 spiro atoms. The first-order chi connectivity index (χ1) is 8.08. The summed E-state index contributed by atoms with van der Waals surface area (Å²) in [6.07, 6.45) is -1.28. The molecule has 0 aliphatic carbocycles. The molecule has 0 aromatic heterocycles. The Morgan fingerprint density at radius 2 is 2.24 bits per heavy atom. The number of aldehydes is 1. The van der Waals surface area contributed by atoms with Crippen LogP contribution in [0, 0.1) is 0 Å². The van der Waals surface area contributed by atoms with Crippen molar-refractivity contribution in [3.05, 3.63) is 22.2 Å². The van der Waals surface area contributed by atoms with Crippen LogP contribution in [0.1, 0.15) is 10.4 Å². The molecule has 88 valence electrons. The number of ketones is 2. The van der Waals surface area contributed by atoms with E-state index in [1.807, 2.05) is 0 Å². The smallest absolute Gasteiger partial charge is 0.243 e. The van der Waals surface area contributed by atoms with E-state index in [2.05, 4.69) is 15.9 Å². The van der Waals surface area contributed by atoms with E-state index in [-0.39, 0.29) is 17.6 Å². The lowest BCUT2D eigenvalue weighted by molar-refractivity contribution is -0.132. The number of methoxy groups -OCH3 is 1. The van der Waals surface area contributed by atoms with Crippen LogP contribution in [0.15, 0.2) is 16.6 Å². The highest BCUT2D eigenvalue weighted by molar-refractivity contribution is 9.10. The zero-order valence-electron chi connectivity index (χ0n) is 8.73. The highest BCUT2D eigenvalue weighted by Gasteiger charge is 2.38. The molecule has 1 heterocycles. The number of carbonyl (C=O) groups is 3. The maximum atomic E-state index is 11.8. The first kappa shape index (κ1) is 11.8. The Morgan fingerprint density at radius 3 is 2.82 bits per heavy atom. The molecular weight excluding hydrogens is 292 g/mol. The SMILES string of the molecule is COc1cc2c(cc1Br)C(=O)C(C(=O)C=O)O2. The maximum Gasteiger partial charge on any atom is 0.243 e. The summed E-state index contributed by atoms with van der Waals surface area (Å²) in [5.74, 6) is -0.673. The van der Waals surface area contributed by atoms with Crippen LogP contribution in [0.4, 0.5) is 0 Å². The Morgan fingerprint density at radius 1 is 1.53 bits per heavy atom. The van der Waals surface area contributed by atoms with Crippen molar-refractivity contribution in [2.45, 2.75) is 6.10 Å². The van der Waals surface area contributed by atoms with Gasteiger partial charge in [0.05, 0.1) is 17.1 Å². The topological polar surface area (TPSA) is 69.7 Å². The lowest BCUT2D eigenvalue weighted by atomic mass is 10.1. The fourth-order valence-electron chi connectivity index (χ4n) is 1.55. The van der Waals surface area contributed by atoms with Gasteiger partial charge in [-0.15, -0.1) is 0 Å². The standard InChI is InChI=1S/C11H7BrO5/c1-16-9-3-8-5(2-6(9)12)10(15)11(17-8)7(14)4-13/h2-4,11H,1H3. The minimum absolute atomic E-state index is 0.0841. The highest BCUT2D eigenvalue weighted by atomic mass is 79.9. The summed E-state index contributed by atoms with van der Waals surface area (Å²) >= 11 is 3.22. The molecule has 0 saturated carbocycles. The van der Waals surface area contributed by atoms with Gasteiger partial charge in [-0.2, -0.15) is 0 Å². The average Bonchev–Trinajstić information content (AvgIpc) is 2.65. The van der Waals surface area contributed by atoms with E-state index in [9.17, 15) is 14.4 Å². The van der Waals surface area contributed by atoms with E-state index in [0.717, 1.165) is 0 Å². The summed E-state index contributed by atoms with van der Waals surface area (Å²) in [5.41, 5.74) is 0.262. The number of benzene rings is 1. The van der Waals surface area contributed by atoms with Gasteiger partial charge in [0.25, 0.3) is 0 Å². The molecule has 0 amide bonds. The molecule has 0 radical (unpaired) electrons. The second-order valence-electron chi connectivity index (χ2n) is 3.37. The number of Topliss-reactive ketones (excluding diaryl/α,β-unsaturated/α-hetero) is 2. The molecule has 1 unspecified atom stereocenters. The second kappa shape index (κ2) is 4.29. The molecule has 1 aliphatic heterocycles. The van der Waals surface area contributed by atoms with Crippen LogP contribution in [-0.2, 0) is 9.59 Å². The van der Waals surface area contributed by atoms with E-state index in [0.29, 0.717) is 10.2 Å². The summed E-state index contributed by atoms with van der Waals surface area (Å²) in [4.78, 5) is 33.3. The third kappa shape index (κ3) is 1.84. The molecule has 2 rings (SSSR count). The monoisotopic (exact) mass is 298 g/mol. The number of halogens is 1. The van der Waals surface area contributed by atoms with Crippen LogP contribution in [-0.4, -0.2) is 31.1 Å². The second-order valence-corrected chi connectivity index (χ2v) is 4.22. The minimum atomic E-state index is -1.36. The van der Waals surface area contributed by atoms with Crippen molar-refractivity contribution in [2.24, 2.45) is 0 Å². The minimum Gasteiger partial charge on any atom is -0.495 e. The molecule has 6 heteroatoms. The van der Waals surface area contributed by atoms with Gasteiger partial charge in [-0.1, -0.05) is 0 Å². The van der Waals surface area contributed by atoms with Gasteiger partial charge in [-0.3, -0.25) is 14.4 Å².